The number of hydrogen-bond acceptors (Lipinski definition) is 3. The first kappa shape index (κ1) is 13.1. The smallest absolute Gasteiger partial charge is 0.0701 e. The highest BCUT2D eigenvalue weighted by Crippen LogP contribution is 2.07. The van der Waals surface area contributed by atoms with Crippen LogP contribution in [0.1, 0.15) is 0 Å². The van der Waals surface area contributed by atoms with Crippen molar-refractivity contribution in [1.29, 1.82) is 0 Å². The molecule has 80 valence electrons. The summed E-state index contributed by atoms with van der Waals surface area (Å²) in [5.41, 5.74) is 0. The lowest BCUT2D eigenvalue weighted by Crippen LogP contribution is -2.22. The van der Waals surface area contributed by atoms with E-state index in [4.69, 9.17) is 14.6 Å². The lowest BCUT2D eigenvalue weighted by atomic mass is 10.7. The Kier molecular flexibility index (Phi) is 7.55. The van der Waals surface area contributed by atoms with E-state index in [1.54, 1.807) is 0 Å². The second-order valence-electron chi connectivity index (χ2n) is 4.26. The molecule has 0 aromatic rings. The number of hydrogen-bond donors (Lipinski definition) is 1. The van der Waals surface area contributed by atoms with E-state index in [2.05, 4.69) is 19.6 Å². The van der Waals surface area contributed by atoms with E-state index < -0.39 is 8.07 Å². The van der Waals surface area contributed by atoms with Gasteiger partial charge in [-0.3, -0.25) is 0 Å². The van der Waals surface area contributed by atoms with Crippen molar-refractivity contribution in [3.8, 4) is 0 Å². The SMILES string of the molecule is C[Si](C)(C)CCOCCOCCO. The Bertz CT molecular complexity index is 112. The van der Waals surface area contributed by atoms with Gasteiger partial charge in [-0.1, -0.05) is 19.6 Å². The van der Waals surface area contributed by atoms with Crippen LogP contribution in [0.3, 0.4) is 0 Å². The molecule has 0 amide bonds. The zero-order valence-corrected chi connectivity index (χ0v) is 10.0. The Labute approximate surface area is 82.1 Å². The monoisotopic (exact) mass is 206 g/mol. The topological polar surface area (TPSA) is 38.7 Å². The van der Waals surface area contributed by atoms with Gasteiger partial charge in [0.1, 0.15) is 0 Å². The highest BCUT2D eigenvalue weighted by Gasteiger charge is 2.11. The van der Waals surface area contributed by atoms with Crippen molar-refractivity contribution >= 4 is 8.07 Å². The van der Waals surface area contributed by atoms with Crippen LogP contribution < -0.4 is 0 Å². The van der Waals surface area contributed by atoms with Crippen LogP contribution in [0.4, 0.5) is 0 Å². The van der Waals surface area contributed by atoms with E-state index in [-0.39, 0.29) is 6.61 Å². The molecule has 0 bridgehead atoms. The van der Waals surface area contributed by atoms with Crippen molar-refractivity contribution in [2.45, 2.75) is 25.7 Å². The lowest BCUT2D eigenvalue weighted by Gasteiger charge is -2.15. The molecule has 0 saturated carbocycles. The maximum Gasteiger partial charge on any atom is 0.0701 e. The Morgan fingerprint density at radius 1 is 0.923 bits per heavy atom. The summed E-state index contributed by atoms with van der Waals surface area (Å²) in [5.74, 6) is 0. The summed E-state index contributed by atoms with van der Waals surface area (Å²) < 4.78 is 10.4. The molecule has 0 heterocycles. The van der Waals surface area contributed by atoms with Gasteiger partial charge in [-0.25, -0.2) is 0 Å². The van der Waals surface area contributed by atoms with Crippen molar-refractivity contribution in [3.63, 3.8) is 0 Å². The molecular formula is C9H22O3Si. The Morgan fingerprint density at radius 2 is 1.46 bits per heavy atom. The lowest BCUT2D eigenvalue weighted by molar-refractivity contribution is 0.0368. The van der Waals surface area contributed by atoms with Gasteiger partial charge in [-0.05, 0) is 6.04 Å². The maximum atomic E-state index is 8.42. The molecule has 0 aliphatic carbocycles. The molecule has 0 rings (SSSR count). The largest absolute Gasteiger partial charge is 0.394 e. The molecule has 0 spiro atoms. The van der Waals surface area contributed by atoms with E-state index in [9.17, 15) is 0 Å². The van der Waals surface area contributed by atoms with E-state index in [1.165, 1.54) is 6.04 Å². The third-order valence-corrected chi connectivity index (χ3v) is 3.31. The van der Waals surface area contributed by atoms with Gasteiger partial charge in [0.05, 0.1) is 26.4 Å². The third kappa shape index (κ3) is 12.1. The minimum Gasteiger partial charge on any atom is -0.394 e. The van der Waals surface area contributed by atoms with Crippen LogP contribution in [0, 0.1) is 0 Å². The molecule has 0 aliphatic rings. The van der Waals surface area contributed by atoms with Crippen LogP contribution in [-0.2, 0) is 9.47 Å². The molecule has 0 atom stereocenters. The van der Waals surface area contributed by atoms with Gasteiger partial charge in [0.2, 0.25) is 0 Å². The second kappa shape index (κ2) is 7.50. The first-order valence-corrected chi connectivity index (χ1v) is 8.53. The van der Waals surface area contributed by atoms with Crippen LogP contribution >= 0.6 is 0 Å². The Balaban J connectivity index is 3.00. The summed E-state index contributed by atoms with van der Waals surface area (Å²) in [6.07, 6.45) is 0. The van der Waals surface area contributed by atoms with Gasteiger partial charge in [-0.15, -0.1) is 0 Å². The molecule has 0 aromatic carbocycles. The van der Waals surface area contributed by atoms with E-state index in [1.807, 2.05) is 0 Å². The van der Waals surface area contributed by atoms with Crippen molar-refractivity contribution in [2.24, 2.45) is 0 Å². The first-order chi connectivity index (χ1) is 6.06. The third-order valence-electron chi connectivity index (χ3n) is 1.60. The predicted octanol–water partition coefficient (Wildman–Crippen LogP) is 1.35. The molecule has 13 heavy (non-hydrogen) atoms. The van der Waals surface area contributed by atoms with Gasteiger partial charge in [-0.2, -0.15) is 0 Å². The summed E-state index contributed by atoms with van der Waals surface area (Å²) in [7, 11) is -0.938. The van der Waals surface area contributed by atoms with Gasteiger partial charge in [0.25, 0.3) is 0 Å². The van der Waals surface area contributed by atoms with Crippen LogP contribution in [0.25, 0.3) is 0 Å². The number of ether oxygens (including phenoxy) is 2. The van der Waals surface area contributed by atoms with E-state index >= 15 is 0 Å². The van der Waals surface area contributed by atoms with Crippen molar-refractivity contribution in [2.75, 3.05) is 33.0 Å². The zero-order chi connectivity index (χ0) is 10.2. The molecule has 1 N–H and O–H groups in total. The number of aliphatic hydroxyl groups is 1. The average molecular weight is 206 g/mol. The summed E-state index contributed by atoms with van der Waals surface area (Å²) in [6.45, 7) is 9.58. The minimum absolute atomic E-state index is 0.0922. The fourth-order valence-electron chi connectivity index (χ4n) is 0.765. The van der Waals surface area contributed by atoms with Gasteiger partial charge >= 0.3 is 0 Å². The van der Waals surface area contributed by atoms with Crippen LogP contribution in [0.5, 0.6) is 0 Å². The summed E-state index contributed by atoms with van der Waals surface area (Å²) in [6, 6.07) is 1.20. The zero-order valence-electron chi connectivity index (χ0n) is 9.01. The summed E-state index contributed by atoms with van der Waals surface area (Å²) >= 11 is 0. The maximum absolute atomic E-state index is 8.42. The molecule has 4 heteroatoms. The van der Waals surface area contributed by atoms with Gasteiger partial charge in [0, 0.05) is 14.7 Å². The molecule has 0 fully saturated rings. The first-order valence-electron chi connectivity index (χ1n) is 4.82. The van der Waals surface area contributed by atoms with Crippen molar-refractivity contribution in [1.82, 2.24) is 0 Å². The second-order valence-corrected chi connectivity index (χ2v) is 9.88. The van der Waals surface area contributed by atoms with E-state index in [0.717, 1.165) is 6.61 Å². The molecule has 0 saturated heterocycles. The fraction of sp³-hybridized carbons (Fsp3) is 1.00. The minimum atomic E-state index is -0.938. The molecule has 3 nitrogen and oxygen atoms in total. The van der Waals surface area contributed by atoms with Crippen molar-refractivity contribution < 1.29 is 14.6 Å². The van der Waals surface area contributed by atoms with Gasteiger partial charge in [0.15, 0.2) is 0 Å². The van der Waals surface area contributed by atoms with Gasteiger partial charge < -0.3 is 14.6 Å². The quantitative estimate of drug-likeness (QED) is 0.481. The standard InChI is InChI=1S/C9H22O3Si/c1-13(2,3)9-8-12-7-6-11-5-4-10/h10H,4-9H2,1-3H3. The number of aliphatic hydroxyl groups excluding tert-OH is 1. The van der Waals surface area contributed by atoms with Crippen molar-refractivity contribution in [3.05, 3.63) is 0 Å². The van der Waals surface area contributed by atoms with Crippen LogP contribution in [-0.4, -0.2) is 46.2 Å². The molecular weight excluding hydrogens is 184 g/mol. The summed E-state index contributed by atoms with van der Waals surface area (Å²) in [5, 5.41) is 8.42. The highest BCUT2D eigenvalue weighted by atomic mass is 28.3. The fourth-order valence-corrected chi connectivity index (χ4v) is 1.52. The van der Waals surface area contributed by atoms with E-state index in [0.29, 0.717) is 19.8 Å². The molecule has 0 aromatic heterocycles. The predicted molar refractivity (Wildman–Crippen MR) is 56.9 cm³/mol. The highest BCUT2D eigenvalue weighted by molar-refractivity contribution is 6.76. The van der Waals surface area contributed by atoms with Crippen LogP contribution in [0.15, 0.2) is 0 Å². The molecule has 0 radical (unpaired) electrons. The molecule has 0 aliphatic heterocycles. The Morgan fingerprint density at radius 3 is 1.92 bits per heavy atom. The normalized spacial score (nSPS) is 12.0. The average Bonchev–Trinajstić information content (AvgIpc) is 2.01. The number of rotatable bonds is 8. The summed E-state index contributed by atoms with van der Waals surface area (Å²) in [4.78, 5) is 0. The van der Waals surface area contributed by atoms with Crippen LogP contribution in [0.2, 0.25) is 25.7 Å². The Hall–Kier alpha value is 0.0969. The molecule has 0 unspecified atom stereocenters.